The van der Waals surface area contributed by atoms with Gasteiger partial charge in [-0.1, -0.05) is 23.5 Å². The summed E-state index contributed by atoms with van der Waals surface area (Å²) in [5.41, 5.74) is 0.988. The van der Waals surface area contributed by atoms with Crippen molar-refractivity contribution in [3.8, 4) is 5.19 Å². The number of piperidine rings is 1. The summed E-state index contributed by atoms with van der Waals surface area (Å²) in [7, 11) is 1.55. The number of hydrogen-bond donors (Lipinski definition) is 0. The van der Waals surface area contributed by atoms with Crippen molar-refractivity contribution >= 4 is 27.5 Å². The fraction of sp³-hybridized carbons (Fsp3) is 0.500. The summed E-state index contributed by atoms with van der Waals surface area (Å²) in [5.74, 6) is 0.562. The molecule has 0 spiro atoms. The summed E-state index contributed by atoms with van der Waals surface area (Å²) < 4.78 is 11.9. The van der Waals surface area contributed by atoms with Crippen LogP contribution < -0.4 is 4.74 Å². The van der Waals surface area contributed by atoms with E-state index in [-0.39, 0.29) is 12.5 Å². The van der Waals surface area contributed by atoms with Crippen molar-refractivity contribution in [3.63, 3.8) is 0 Å². The molecule has 0 bridgehead atoms. The highest BCUT2D eigenvalue weighted by Gasteiger charge is 2.23. The van der Waals surface area contributed by atoms with Gasteiger partial charge in [-0.15, -0.1) is 0 Å². The lowest BCUT2D eigenvalue weighted by Gasteiger charge is -2.31. The number of para-hydroxylation sites is 1. The van der Waals surface area contributed by atoms with Gasteiger partial charge in [0.15, 0.2) is 0 Å². The minimum Gasteiger partial charge on any atom is -0.470 e. The topological polar surface area (TPSA) is 51.7 Å². The van der Waals surface area contributed by atoms with E-state index in [0.29, 0.717) is 12.5 Å². The van der Waals surface area contributed by atoms with Crippen LogP contribution in [0.3, 0.4) is 0 Å². The number of likely N-dealkylation sites (tertiary alicyclic amines) is 1. The van der Waals surface area contributed by atoms with Gasteiger partial charge in [-0.25, -0.2) is 4.98 Å². The van der Waals surface area contributed by atoms with Gasteiger partial charge in [0, 0.05) is 20.2 Å². The second-order valence-corrected chi connectivity index (χ2v) is 6.51. The highest BCUT2D eigenvalue weighted by atomic mass is 32.1. The number of ether oxygens (including phenoxy) is 2. The molecular formula is C16H20N2O3S. The average Bonchev–Trinajstić information content (AvgIpc) is 2.96. The van der Waals surface area contributed by atoms with Crippen molar-refractivity contribution < 1.29 is 14.3 Å². The summed E-state index contributed by atoms with van der Waals surface area (Å²) in [6.07, 6.45) is 1.95. The number of fused-ring (bicyclic) bond motifs is 1. The molecule has 0 radical (unpaired) electrons. The van der Waals surface area contributed by atoms with E-state index < -0.39 is 0 Å². The first-order valence-corrected chi connectivity index (χ1v) is 8.33. The lowest BCUT2D eigenvalue weighted by molar-refractivity contribution is -0.136. The number of methoxy groups -OCH3 is 1. The smallest absolute Gasteiger partial charge is 0.274 e. The van der Waals surface area contributed by atoms with E-state index in [0.717, 1.165) is 41.3 Å². The first-order chi connectivity index (χ1) is 10.8. The van der Waals surface area contributed by atoms with Gasteiger partial charge in [-0.2, -0.15) is 0 Å². The summed E-state index contributed by atoms with van der Waals surface area (Å²) in [5, 5.41) is 0.735. The van der Waals surface area contributed by atoms with Gasteiger partial charge in [0.25, 0.3) is 5.19 Å². The summed E-state index contributed by atoms with van der Waals surface area (Å²) in [6, 6.07) is 8.05. The zero-order chi connectivity index (χ0) is 15.4. The van der Waals surface area contributed by atoms with Crippen molar-refractivity contribution in [3.05, 3.63) is 24.3 Å². The Hall–Kier alpha value is -1.66. The van der Waals surface area contributed by atoms with E-state index in [9.17, 15) is 4.79 Å². The van der Waals surface area contributed by atoms with Crippen LogP contribution in [0.4, 0.5) is 0 Å². The van der Waals surface area contributed by atoms with Crippen LogP contribution in [0.5, 0.6) is 5.19 Å². The van der Waals surface area contributed by atoms with Gasteiger partial charge in [0.05, 0.1) is 16.8 Å². The lowest BCUT2D eigenvalue weighted by Crippen LogP contribution is -2.41. The third kappa shape index (κ3) is 3.56. The minimum atomic E-state index is 0.0769. The molecule has 1 aromatic heterocycles. The number of nitrogens with zero attached hydrogens (tertiary/aromatic N) is 2. The molecule has 22 heavy (non-hydrogen) atoms. The number of rotatable bonds is 5. The van der Waals surface area contributed by atoms with Gasteiger partial charge in [-0.3, -0.25) is 4.79 Å². The van der Waals surface area contributed by atoms with Gasteiger partial charge in [0.2, 0.25) is 5.91 Å². The SMILES string of the molecule is COCC(=O)N1CCC(COc2nc3ccccc3s2)CC1. The Kier molecular flexibility index (Phi) is 4.90. The molecule has 5 nitrogen and oxygen atoms in total. The van der Waals surface area contributed by atoms with Crippen molar-refractivity contribution in [2.75, 3.05) is 33.4 Å². The molecule has 1 aliphatic rings. The predicted molar refractivity (Wildman–Crippen MR) is 86.3 cm³/mol. The molecule has 1 fully saturated rings. The molecule has 0 aliphatic carbocycles. The standard InChI is InChI=1S/C16H20N2O3S/c1-20-11-15(19)18-8-6-12(7-9-18)10-21-16-17-13-4-2-3-5-14(13)22-16/h2-5,12H,6-11H2,1H3. The summed E-state index contributed by atoms with van der Waals surface area (Å²) in [4.78, 5) is 18.1. The fourth-order valence-electron chi connectivity index (χ4n) is 2.67. The Labute approximate surface area is 133 Å². The molecule has 1 aliphatic heterocycles. The number of amides is 1. The molecule has 6 heteroatoms. The maximum Gasteiger partial charge on any atom is 0.274 e. The molecule has 1 saturated heterocycles. The highest BCUT2D eigenvalue weighted by Crippen LogP contribution is 2.28. The van der Waals surface area contributed by atoms with Crippen LogP contribution in [-0.4, -0.2) is 49.2 Å². The third-order valence-electron chi connectivity index (χ3n) is 3.95. The zero-order valence-corrected chi connectivity index (χ0v) is 13.5. The van der Waals surface area contributed by atoms with Crippen LogP contribution in [-0.2, 0) is 9.53 Å². The number of carbonyl (C=O) groups excluding carboxylic acids is 1. The molecular weight excluding hydrogens is 300 g/mol. The molecule has 1 aromatic carbocycles. The maximum atomic E-state index is 11.7. The zero-order valence-electron chi connectivity index (χ0n) is 12.7. The molecule has 118 valence electrons. The number of benzene rings is 1. The normalized spacial score (nSPS) is 16.1. The second-order valence-electron chi connectivity index (χ2n) is 5.52. The Bertz CT molecular complexity index is 602. The van der Waals surface area contributed by atoms with Gasteiger partial charge in [-0.05, 0) is 30.9 Å². The average molecular weight is 320 g/mol. The predicted octanol–water partition coefficient (Wildman–Crippen LogP) is 2.56. The molecule has 0 atom stereocenters. The van der Waals surface area contributed by atoms with Crippen LogP contribution >= 0.6 is 11.3 Å². The quantitative estimate of drug-likeness (QED) is 0.849. The Balaban J connectivity index is 1.48. The number of carbonyl (C=O) groups is 1. The molecule has 0 saturated carbocycles. The van der Waals surface area contributed by atoms with Crippen LogP contribution in [0.1, 0.15) is 12.8 Å². The lowest BCUT2D eigenvalue weighted by atomic mass is 9.98. The molecule has 0 unspecified atom stereocenters. The monoisotopic (exact) mass is 320 g/mol. The van der Waals surface area contributed by atoms with E-state index in [1.807, 2.05) is 23.1 Å². The Morgan fingerprint density at radius 3 is 2.86 bits per heavy atom. The molecule has 2 aromatic rings. The van der Waals surface area contributed by atoms with E-state index in [1.165, 1.54) is 0 Å². The van der Waals surface area contributed by atoms with Crippen LogP contribution in [0, 0.1) is 5.92 Å². The first-order valence-electron chi connectivity index (χ1n) is 7.51. The minimum absolute atomic E-state index is 0.0769. The van der Waals surface area contributed by atoms with Crippen molar-refractivity contribution in [2.24, 2.45) is 5.92 Å². The highest BCUT2D eigenvalue weighted by molar-refractivity contribution is 7.20. The van der Waals surface area contributed by atoms with Gasteiger partial charge >= 0.3 is 0 Å². The Morgan fingerprint density at radius 2 is 2.14 bits per heavy atom. The molecule has 2 heterocycles. The van der Waals surface area contributed by atoms with Gasteiger partial charge < -0.3 is 14.4 Å². The summed E-state index contributed by atoms with van der Waals surface area (Å²) >= 11 is 1.58. The number of hydrogen-bond acceptors (Lipinski definition) is 5. The van der Waals surface area contributed by atoms with E-state index in [2.05, 4.69) is 11.1 Å². The largest absolute Gasteiger partial charge is 0.470 e. The van der Waals surface area contributed by atoms with E-state index >= 15 is 0 Å². The van der Waals surface area contributed by atoms with E-state index in [4.69, 9.17) is 9.47 Å². The van der Waals surface area contributed by atoms with Gasteiger partial charge in [0.1, 0.15) is 6.61 Å². The molecule has 1 amide bonds. The van der Waals surface area contributed by atoms with Crippen LogP contribution in [0.15, 0.2) is 24.3 Å². The third-order valence-corrected chi connectivity index (χ3v) is 4.90. The fourth-order valence-corrected chi connectivity index (χ4v) is 3.49. The van der Waals surface area contributed by atoms with Crippen molar-refractivity contribution in [2.45, 2.75) is 12.8 Å². The van der Waals surface area contributed by atoms with Crippen molar-refractivity contribution in [1.29, 1.82) is 0 Å². The Morgan fingerprint density at radius 1 is 1.36 bits per heavy atom. The number of thiazole rings is 1. The van der Waals surface area contributed by atoms with Crippen LogP contribution in [0.2, 0.25) is 0 Å². The summed E-state index contributed by atoms with van der Waals surface area (Å²) in [6.45, 7) is 2.42. The number of aromatic nitrogens is 1. The first kappa shape index (κ1) is 15.2. The maximum absolute atomic E-state index is 11.7. The molecule has 0 N–H and O–H groups in total. The second kappa shape index (κ2) is 7.07. The van der Waals surface area contributed by atoms with E-state index in [1.54, 1.807) is 18.4 Å². The van der Waals surface area contributed by atoms with Crippen LogP contribution in [0.25, 0.3) is 10.2 Å². The molecule has 3 rings (SSSR count). The van der Waals surface area contributed by atoms with Crippen molar-refractivity contribution in [1.82, 2.24) is 9.88 Å².